The second-order valence-electron chi connectivity index (χ2n) is 6.10. The van der Waals surface area contributed by atoms with Crippen LogP contribution in [-0.4, -0.2) is 14.7 Å². The molecule has 0 aliphatic heterocycles. The first kappa shape index (κ1) is 17.1. The van der Waals surface area contributed by atoms with E-state index in [0.717, 1.165) is 5.56 Å². The Bertz CT molecular complexity index is 860. The summed E-state index contributed by atoms with van der Waals surface area (Å²) in [5.74, 6) is 6.02. The highest BCUT2D eigenvalue weighted by molar-refractivity contribution is 7.90. The van der Waals surface area contributed by atoms with Crippen molar-refractivity contribution in [3.63, 3.8) is 0 Å². The third-order valence-corrected chi connectivity index (χ3v) is 5.92. The van der Waals surface area contributed by atoms with Gasteiger partial charge in [0.05, 0.1) is 10.5 Å². The Morgan fingerprint density at radius 1 is 1.14 bits per heavy atom. The largest absolute Gasteiger partial charge is 0.224 e. The summed E-state index contributed by atoms with van der Waals surface area (Å²) in [6.07, 6.45) is 1.19. The highest BCUT2D eigenvalue weighted by atomic mass is 35.5. The summed E-state index contributed by atoms with van der Waals surface area (Å²) >= 11 is 7.77. The first-order valence-corrected chi connectivity index (χ1v) is 9.78. The normalized spacial score (nSPS) is 11.9. The summed E-state index contributed by atoms with van der Waals surface area (Å²) in [5, 5.41) is 0. The molecule has 0 aliphatic rings. The molecule has 5 heteroatoms. The van der Waals surface area contributed by atoms with Crippen molar-refractivity contribution in [2.75, 3.05) is 6.26 Å². The van der Waals surface area contributed by atoms with Crippen molar-refractivity contribution in [2.45, 2.75) is 31.1 Å². The fourth-order valence-corrected chi connectivity index (χ4v) is 3.68. The predicted octanol–water partition coefficient (Wildman–Crippen LogP) is 4.50. The van der Waals surface area contributed by atoms with Gasteiger partial charge in [0.15, 0.2) is 9.84 Å². The third kappa shape index (κ3) is 4.13. The Hall–Kier alpha value is -1.28. The van der Waals surface area contributed by atoms with E-state index in [2.05, 4.69) is 32.6 Å². The molecule has 0 unspecified atom stereocenters. The van der Waals surface area contributed by atoms with Crippen LogP contribution in [0.5, 0.6) is 0 Å². The molecule has 2 nitrogen and oxygen atoms in total. The van der Waals surface area contributed by atoms with Crippen molar-refractivity contribution in [1.29, 1.82) is 0 Å². The molecule has 1 aromatic heterocycles. The van der Waals surface area contributed by atoms with Gasteiger partial charge < -0.3 is 0 Å². The Balaban J connectivity index is 2.38. The topological polar surface area (TPSA) is 34.1 Å². The zero-order chi connectivity index (χ0) is 16.5. The van der Waals surface area contributed by atoms with Crippen LogP contribution in [0.3, 0.4) is 0 Å². The van der Waals surface area contributed by atoms with E-state index >= 15 is 0 Å². The van der Waals surface area contributed by atoms with Crippen LogP contribution in [0.1, 0.15) is 36.8 Å². The highest BCUT2D eigenvalue weighted by Gasteiger charge is 2.18. The number of hydrogen-bond donors (Lipinski definition) is 0. The van der Waals surface area contributed by atoms with Gasteiger partial charge in [-0.05, 0) is 29.7 Å². The average Bonchev–Trinajstić information content (AvgIpc) is 2.77. The lowest BCUT2D eigenvalue weighted by atomic mass is 9.94. The highest BCUT2D eigenvalue weighted by Crippen LogP contribution is 2.35. The number of halogens is 1. The molecule has 0 bridgehead atoms. The van der Waals surface area contributed by atoms with Crippen molar-refractivity contribution >= 4 is 32.8 Å². The molecule has 2 aromatic rings. The molecular formula is C17H17ClO2S2. The number of thiophene rings is 1. The van der Waals surface area contributed by atoms with Gasteiger partial charge in [-0.1, -0.05) is 50.3 Å². The monoisotopic (exact) mass is 352 g/mol. The molecule has 0 saturated heterocycles. The van der Waals surface area contributed by atoms with Crippen LogP contribution in [-0.2, 0) is 15.3 Å². The van der Waals surface area contributed by atoms with Gasteiger partial charge in [0.2, 0.25) is 0 Å². The number of sulfone groups is 1. The molecule has 0 aliphatic carbocycles. The standard InChI is InChI=1S/C17H17ClO2S2/c1-17(2,3)15-11-13(16(18)21-15)9-8-12-6-5-7-14(10-12)22(4,19)20/h5-7,10-11H,1-4H3. The van der Waals surface area contributed by atoms with E-state index in [1.807, 2.05) is 6.07 Å². The van der Waals surface area contributed by atoms with Crippen molar-refractivity contribution in [1.82, 2.24) is 0 Å². The minimum atomic E-state index is -3.22. The Labute approximate surface area is 141 Å². The third-order valence-electron chi connectivity index (χ3n) is 3.03. The second kappa shape index (κ2) is 6.08. The van der Waals surface area contributed by atoms with Gasteiger partial charge in [-0.2, -0.15) is 0 Å². The maximum Gasteiger partial charge on any atom is 0.175 e. The zero-order valence-corrected chi connectivity index (χ0v) is 15.3. The van der Waals surface area contributed by atoms with Crippen LogP contribution < -0.4 is 0 Å². The van der Waals surface area contributed by atoms with Crippen LogP contribution in [0.15, 0.2) is 35.2 Å². The number of hydrogen-bond acceptors (Lipinski definition) is 3. The van der Waals surface area contributed by atoms with E-state index in [1.165, 1.54) is 22.5 Å². The molecule has 0 spiro atoms. The van der Waals surface area contributed by atoms with Crippen LogP contribution in [0.2, 0.25) is 4.34 Å². The van der Waals surface area contributed by atoms with E-state index in [4.69, 9.17) is 11.6 Å². The predicted molar refractivity (Wildman–Crippen MR) is 93.6 cm³/mol. The Morgan fingerprint density at radius 2 is 1.82 bits per heavy atom. The summed E-state index contributed by atoms with van der Waals surface area (Å²) in [5.41, 5.74) is 1.47. The molecule has 2 rings (SSSR count). The fourth-order valence-electron chi connectivity index (χ4n) is 1.77. The number of rotatable bonds is 1. The molecule has 0 N–H and O–H groups in total. The molecular weight excluding hydrogens is 336 g/mol. The van der Waals surface area contributed by atoms with E-state index in [9.17, 15) is 8.42 Å². The van der Waals surface area contributed by atoms with E-state index in [0.29, 0.717) is 9.90 Å². The minimum Gasteiger partial charge on any atom is -0.224 e. The lowest BCUT2D eigenvalue weighted by Crippen LogP contribution is -2.07. The molecule has 0 amide bonds. The molecule has 22 heavy (non-hydrogen) atoms. The van der Waals surface area contributed by atoms with E-state index < -0.39 is 9.84 Å². The van der Waals surface area contributed by atoms with Gasteiger partial charge >= 0.3 is 0 Å². The Kier molecular flexibility index (Phi) is 4.72. The minimum absolute atomic E-state index is 0.0322. The number of benzene rings is 1. The fraction of sp³-hybridized carbons (Fsp3) is 0.294. The maximum absolute atomic E-state index is 11.6. The van der Waals surface area contributed by atoms with Gasteiger partial charge in [0.25, 0.3) is 0 Å². The van der Waals surface area contributed by atoms with Crippen molar-refractivity contribution in [3.05, 3.63) is 50.7 Å². The van der Waals surface area contributed by atoms with Crippen molar-refractivity contribution in [3.8, 4) is 11.8 Å². The molecule has 116 valence electrons. The average molecular weight is 353 g/mol. The quantitative estimate of drug-likeness (QED) is 0.708. The SMILES string of the molecule is CC(C)(C)c1cc(C#Cc2cccc(S(C)(=O)=O)c2)c(Cl)s1. The lowest BCUT2D eigenvalue weighted by molar-refractivity contribution is 0.601. The molecule has 0 saturated carbocycles. The zero-order valence-electron chi connectivity index (χ0n) is 12.9. The van der Waals surface area contributed by atoms with Gasteiger partial charge in [0.1, 0.15) is 4.34 Å². The van der Waals surface area contributed by atoms with E-state index in [-0.39, 0.29) is 10.3 Å². The van der Waals surface area contributed by atoms with Gasteiger partial charge in [-0.25, -0.2) is 8.42 Å². The van der Waals surface area contributed by atoms with Gasteiger partial charge in [-0.3, -0.25) is 0 Å². The summed E-state index contributed by atoms with van der Waals surface area (Å²) in [6, 6.07) is 8.62. The van der Waals surface area contributed by atoms with Gasteiger partial charge in [0, 0.05) is 16.7 Å². The Morgan fingerprint density at radius 3 is 2.36 bits per heavy atom. The first-order valence-electron chi connectivity index (χ1n) is 6.69. The molecule has 1 heterocycles. The van der Waals surface area contributed by atoms with Crippen LogP contribution in [0, 0.1) is 11.8 Å². The van der Waals surface area contributed by atoms with Crippen LogP contribution in [0.4, 0.5) is 0 Å². The lowest BCUT2D eigenvalue weighted by Gasteiger charge is -2.14. The van der Waals surface area contributed by atoms with Crippen molar-refractivity contribution in [2.24, 2.45) is 0 Å². The van der Waals surface area contributed by atoms with Crippen LogP contribution >= 0.6 is 22.9 Å². The second-order valence-corrected chi connectivity index (χ2v) is 9.77. The molecule has 1 aromatic carbocycles. The molecule has 0 atom stereocenters. The summed E-state index contributed by atoms with van der Waals surface area (Å²) in [7, 11) is -3.22. The smallest absolute Gasteiger partial charge is 0.175 e. The summed E-state index contributed by atoms with van der Waals surface area (Å²) < 4.78 is 23.8. The van der Waals surface area contributed by atoms with E-state index in [1.54, 1.807) is 24.3 Å². The van der Waals surface area contributed by atoms with Crippen molar-refractivity contribution < 1.29 is 8.42 Å². The maximum atomic E-state index is 11.6. The first-order chi connectivity index (χ1) is 10.1. The molecule has 0 fully saturated rings. The summed E-state index contributed by atoms with van der Waals surface area (Å²) in [6.45, 7) is 6.38. The summed E-state index contributed by atoms with van der Waals surface area (Å²) in [4.78, 5) is 1.44. The van der Waals surface area contributed by atoms with Crippen LogP contribution in [0.25, 0.3) is 0 Å². The molecule has 0 radical (unpaired) electrons. The van der Waals surface area contributed by atoms with Gasteiger partial charge in [-0.15, -0.1) is 11.3 Å².